The summed E-state index contributed by atoms with van der Waals surface area (Å²) in [4.78, 5) is 49.4. The Balaban J connectivity index is 1.17. The van der Waals surface area contributed by atoms with E-state index in [1.807, 2.05) is 24.3 Å². The minimum atomic E-state index is -4.66. The molecular formula is C34H43ClF3N7O3. The number of halogens is 4. The van der Waals surface area contributed by atoms with Gasteiger partial charge in [0.25, 0.3) is 0 Å². The topological polar surface area (TPSA) is 106 Å². The summed E-state index contributed by atoms with van der Waals surface area (Å²) in [6.45, 7) is 5.70. The number of carbonyl (C=O) groups excluding carboxylic acids is 2. The summed E-state index contributed by atoms with van der Waals surface area (Å²) in [5, 5.41) is 5.81. The minimum absolute atomic E-state index is 0.0453. The highest BCUT2D eigenvalue weighted by Gasteiger charge is 2.37. The molecule has 0 radical (unpaired) electrons. The van der Waals surface area contributed by atoms with Crippen LogP contribution >= 0.6 is 11.6 Å². The number of hydrogen-bond donors (Lipinski definition) is 3. The average molecular weight is 690 g/mol. The highest BCUT2D eigenvalue weighted by molar-refractivity contribution is 6.33. The van der Waals surface area contributed by atoms with Crippen LogP contribution in [0.4, 0.5) is 18.9 Å². The van der Waals surface area contributed by atoms with Crippen molar-refractivity contribution in [2.45, 2.75) is 56.8 Å². The van der Waals surface area contributed by atoms with Crippen molar-refractivity contribution in [1.82, 2.24) is 29.6 Å². The largest absolute Gasteiger partial charge is 0.418 e. The van der Waals surface area contributed by atoms with Gasteiger partial charge in [-0.1, -0.05) is 23.7 Å². The Labute approximate surface area is 282 Å². The van der Waals surface area contributed by atoms with Crippen molar-refractivity contribution in [2.24, 2.45) is 5.92 Å². The number of para-hydroxylation sites is 2. The molecule has 48 heavy (non-hydrogen) atoms. The molecule has 3 aliphatic rings. The van der Waals surface area contributed by atoms with Gasteiger partial charge in [0.2, 0.25) is 11.8 Å². The van der Waals surface area contributed by atoms with Gasteiger partial charge in [-0.15, -0.1) is 0 Å². The summed E-state index contributed by atoms with van der Waals surface area (Å²) in [7, 11) is 1.38. The van der Waals surface area contributed by atoms with Gasteiger partial charge in [0.1, 0.15) is 0 Å². The Kier molecular flexibility index (Phi) is 10.4. The SMILES string of the molecule is CNc1c(Cl)cc(C[C@@H](CC(=O)N2CCC(n3c(=O)[nH]c4ccccc43)CC2)C(=O)N2CCC(N3CCNCC3)CC2)cc1C(F)(F)F. The normalized spacial score (nSPS) is 19.5. The van der Waals surface area contributed by atoms with E-state index in [1.165, 1.54) is 13.1 Å². The Bertz CT molecular complexity index is 1670. The fourth-order valence-electron chi connectivity index (χ4n) is 7.70. The van der Waals surface area contributed by atoms with Crippen LogP contribution in [0.5, 0.6) is 0 Å². The van der Waals surface area contributed by atoms with Crippen LogP contribution in [0.15, 0.2) is 41.2 Å². The second-order valence-electron chi connectivity index (χ2n) is 13.1. The number of fused-ring (bicyclic) bond motifs is 1. The van der Waals surface area contributed by atoms with Gasteiger partial charge in [0, 0.05) is 77.9 Å². The molecule has 260 valence electrons. The van der Waals surface area contributed by atoms with Crippen molar-refractivity contribution in [3.8, 4) is 0 Å². The molecule has 4 heterocycles. The number of imidazole rings is 1. The number of rotatable bonds is 8. The Morgan fingerprint density at radius 3 is 2.27 bits per heavy atom. The van der Waals surface area contributed by atoms with E-state index in [4.69, 9.17) is 11.6 Å². The Morgan fingerprint density at radius 2 is 1.60 bits per heavy atom. The Hall–Kier alpha value is -3.55. The molecular weight excluding hydrogens is 647 g/mol. The number of nitrogens with zero attached hydrogens (tertiary/aromatic N) is 4. The van der Waals surface area contributed by atoms with Crippen molar-refractivity contribution >= 4 is 40.1 Å². The van der Waals surface area contributed by atoms with Crippen molar-refractivity contribution < 1.29 is 22.8 Å². The molecule has 3 aromatic rings. The third-order valence-corrected chi connectivity index (χ3v) is 10.5. The third-order valence-electron chi connectivity index (χ3n) is 10.2. The maximum atomic E-state index is 14.1. The summed E-state index contributed by atoms with van der Waals surface area (Å²) >= 11 is 6.30. The number of piperidine rings is 2. The molecule has 14 heteroatoms. The summed E-state index contributed by atoms with van der Waals surface area (Å²) in [5.74, 6) is -1.28. The molecule has 3 N–H and O–H groups in total. The van der Waals surface area contributed by atoms with Gasteiger partial charge < -0.3 is 25.4 Å². The lowest BCUT2D eigenvalue weighted by atomic mass is 9.91. The molecule has 2 amide bonds. The molecule has 0 spiro atoms. The molecule has 0 unspecified atom stereocenters. The standard InChI is InChI=1S/C34H43ClF3N7O3/c1-39-31-26(34(36,37)38)19-22(20-27(31)35)18-23(32(47)44-14-6-24(7-15-44)42-16-10-40-11-17-42)21-30(46)43-12-8-25(9-13-43)45-29-5-3-2-4-28(29)41-33(45)48/h2-5,19-20,23-25,39-40H,6-18,21H2,1H3,(H,41,48)/t23-/m0/s1. The maximum Gasteiger partial charge on any atom is 0.418 e. The summed E-state index contributed by atoms with van der Waals surface area (Å²) in [5.41, 5.74) is 0.519. The second-order valence-corrected chi connectivity index (χ2v) is 13.5. The molecule has 3 saturated heterocycles. The number of aromatic nitrogens is 2. The predicted molar refractivity (Wildman–Crippen MR) is 179 cm³/mol. The first kappa shape index (κ1) is 34.3. The lowest BCUT2D eigenvalue weighted by molar-refractivity contribution is -0.143. The fraction of sp³-hybridized carbons (Fsp3) is 0.559. The zero-order chi connectivity index (χ0) is 34.0. The zero-order valence-electron chi connectivity index (χ0n) is 27.1. The fourth-order valence-corrected chi connectivity index (χ4v) is 8.03. The molecule has 0 aliphatic carbocycles. The maximum absolute atomic E-state index is 14.1. The van der Waals surface area contributed by atoms with E-state index in [1.54, 1.807) is 14.4 Å². The minimum Gasteiger partial charge on any atom is -0.386 e. The second kappa shape index (κ2) is 14.5. The number of alkyl halides is 3. The van der Waals surface area contributed by atoms with E-state index in [2.05, 4.69) is 20.5 Å². The number of nitrogens with one attached hydrogen (secondary N) is 3. The summed E-state index contributed by atoms with van der Waals surface area (Å²) in [6.07, 6.45) is -2.06. The first-order chi connectivity index (χ1) is 23.0. The molecule has 0 bridgehead atoms. The molecule has 3 aliphatic heterocycles. The van der Waals surface area contributed by atoms with E-state index in [0.29, 0.717) is 45.1 Å². The number of H-pyrrole nitrogens is 1. The van der Waals surface area contributed by atoms with Crippen LogP contribution in [0.1, 0.15) is 49.3 Å². The van der Waals surface area contributed by atoms with Crippen LogP contribution in [0.3, 0.4) is 0 Å². The number of anilines is 1. The van der Waals surface area contributed by atoms with Crippen molar-refractivity contribution in [1.29, 1.82) is 0 Å². The first-order valence-corrected chi connectivity index (χ1v) is 17.2. The van der Waals surface area contributed by atoms with E-state index in [0.717, 1.165) is 56.1 Å². The van der Waals surface area contributed by atoms with Crippen LogP contribution in [0.2, 0.25) is 5.02 Å². The average Bonchev–Trinajstić information content (AvgIpc) is 3.43. The summed E-state index contributed by atoms with van der Waals surface area (Å²) in [6, 6.07) is 10.3. The number of amides is 2. The number of likely N-dealkylation sites (tertiary alicyclic amines) is 2. The van der Waals surface area contributed by atoms with Crippen molar-refractivity contribution in [2.75, 3.05) is 64.7 Å². The molecule has 6 rings (SSSR count). The number of benzene rings is 2. The molecule has 10 nitrogen and oxygen atoms in total. The van der Waals surface area contributed by atoms with E-state index < -0.39 is 17.7 Å². The highest BCUT2D eigenvalue weighted by Crippen LogP contribution is 2.40. The lowest BCUT2D eigenvalue weighted by Gasteiger charge is -2.41. The number of piperazine rings is 1. The van der Waals surface area contributed by atoms with Gasteiger partial charge in [0.15, 0.2) is 0 Å². The number of aromatic amines is 1. The van der Waals surface area contributed by atoms with Gasteiger partial charge >= 0.3 is 11.9 Å². The van der Waals surface area contributed by atoms with Gasteiger partial charge in [-0.2, -0.15) is 13.2 Å². The number of carbonyl (C=O) groups is 2. The number of hydrogen-bond acceptors (Lipinski definition) is 6. The van der Waals surface area contributed by atoms with E-state index >= 15 is 0 Å². The third kappa shape index (κ3) is 7.37. The first-order valence-electron chi connectivity index (χ1n) is 16.8. The molecule has 3 fully saturated rings. The quantitative estimate of drug-likeness (QED) is 0.325. The Morgan fingerprint density at radius 1 is 0.958 bits per heavy atom. The van der Waals surface area contributed by atoms with Crippen LogP contribution in [0, 0.1) is 5.92 Å². The molecule has 0 saturated carbocycles. The predicted octanol–water partition coefficient (Wildman–Crippen LogP) is 4.35. The van der Waals surface area contributed by atoms with Gasteiger partial charge in [0.05, 0.1) is 33.2 Å². The highest BCUT2D eigenvalue weighted by atomic mass is 35.5. The lowest BCUT2D eigenvalue weighted by Crippen LogP contribution is -2.53. The van der Waals surface area contributed by atoms with Gasteiger partial charge in [-0.25, -0.2) is 4.79 Å². The van der Waals surface area contributed by atoms with Crippen LogP contribution in [0.25, 0.3) is 11.0 Å². The van der Waals surface area contributed by atoms with Gasteiger partial charge in [-0.3, -0.25) is 19.1 Å². The monoisotopic (exact) mass is 689 g/mol. The summed E-state index contributed by atoms with van der Waals surface area (Å²) < 4.78 is 43.8. The van der Waals surface area contributed by atoms with E-state index in [-0.39, 0.29) is 52.7 Å². The zero-order valence-corrected chi connectivity index (χ0v) is 27.9. The van der Waals surface area contributed by atoms with Crippen LogP contribution < -0.4 is 16.3 Å². The van der Waals surface area contributed by atoms with E-state index in [9.17, 15) is 27.6 Å². The smallest absolute Gasteiger partial charge is 0.386 e. The molecule has 1 atom stereocenters. The van der Waals surface area contributed by atoms with Crippen LogP contribution in [-0.2, 0) is 22.2 Å². The van der Waals surface area contributed by atoms with Crippen molar-refractivity contribution in [3.63, 3.8) is 0 Å². The molecule has 2 aromatic carbocycles. The van der Waals surface area contributed by atoms with Gasteiger partial charge in [-0.05, 0) is 61.9 Å². The van der Waals surface area contributed by atoms with Crippen LogP contribution in [-0.4, -0.2) is 102 Å². The molecule has 1 aromatic heterocycles. The van der Waals surface area contributed by atoms with Crippen molar-refractivity contribution in [3.05, 3.63) is 63.0 Å².